The molecule has 0 N–H and O–H groups in total. The second-order valence-corrected chi connectivity index (χ2v) is 1.84. The van der Waals surface area contributed by atoms with E-state index in [1.807, 2.05) is 13.8 Å². The Morgan fingerprint density at radius 2 is 2.14 bits per heavy atom. The number of hydrogen-bond donors (Lipinski definition) is 0. The highest BCUT2D eigenvalue weighted by Crippen LogP contribution is 2.08. The summed E-state index contributed by atoms with van der Waals surface area (Å²) in [4.78, 5) is 0. The highest BCUT2D eigenvalue weighted by atomic mass is 16.3. The van der Waals surface area contributed by atoms with Gasteiger partial charge in [0.2, 0.25) is 0 Å². The molecule has 0 aliphatic carbocycles. The van der Waals surface area contributed by atoms with E-state index in [1.165, 1.54) is 0 Å². The molecule has 2 radical (unpaired) electrons. The first-order valence-electron chi connectivity index (χ1n) is 2.66. The molecular weight excluding hydrogens is 88.1 g/mol. The summed E-state index contributed by atoms with van der Waals surface area (Å²) in [6.45, 7) is 5.58. The average molecular weight is 100 g/mol. The van der Waals surface area contributed by atoms with E-state index in [4.69, 9.17) is 0 Å². The Labute approximate surface area is 45.4 Å². The molecule has 0 fully saturated rings. The third-order valence-corrected chi connectivity index (χ3v) is 1.25. The van der Waals surface area contributed by atoms with E-state index in [2.05, 4.69) is 0 Å². The van der Waals surface area contributed by atoms with Crippen LogP contribution in [0.1, 0.15) is 27.2 Å². The summed E-state index contributed by atoms with van der Waals surface area (Å²) in [5, 5.41) is 10.4. The second kappa shape index (κ2) is 3.03. The lowest BCUT2D eigenvalue weighted by molar-refractivity contribution is 0.114. The first-order chi connectivity index (χ1) is 3.18. The fourth-order valence-corrected chi connectivity index (χ4v) is 0.287. The monoisotopic (exact) mass is 100 g/mol. The van der Waals surface area contributed by atoms with Gasteiger partial charge in [-0.2, -0.15) is 0 Å². The zero-order valence-corrected chi connectivity index (χ0v) is 5.19. The molecule has 0 heterocycles. The molecule has 1 unspecified atom stereocenters. The molecule has 0 aliphatic rings. The van der Waals surface area contributed by atoms with E-state index in [1.54, 1.807) is 6.92 Å². The summed E-state index contributed by atoms with van der Waals surface area (Å²) in [6, 6.07) is 0. The Hall–Kier alpha value is -0.0400. The minimum absolute atomic E-state index is 0.468. The van der Waals surface area contributed by atoms with Crippen molar-refractivity contribution in [3.63, 3.8) is 0 Å². The normalized spacial score (nSPS) is 15.0. The lowest BCUT2D eigenvalue weighted by atomic mass is 10.0. The zero-order chi connectivity index (χ0) is 5.86. The summed E-state index contributed by atoms with van der Waals surface area (Å²) < 4.78 is 0. The van der Waals surface area contributed by atoms with E-state index in [9.17, 15) is 5.11 Å². The van der Waals surface area contributed by atoms with Crippen LogP contribution in [0.5, 0.6) is 0 Å². The van der Waals surface area contributed by atoms with Crippen LogP contribution in [0, 0.1) is 5.92 Å². The minimum atomic E-state index is -0.468. The van der Waals surface area contributed by atoms with Crippen LogP contribution in [0.3, 0.4) is 0 Å². The van der Waals surface area contributed by atoms with Gasteiger partial charge in [-0.05, 0) is 13.3 Å². The van der Waals surface area contributed by atoms with Crippen LogP contribution in [0.2, 0.25) is 0 Å². The van der Waals surface area contributed by atoms with Gasteiger partial charge in [0.25, 0.3) is 0 Å². The molecule has 1 nitrogen and oxygen atoms in total. The van der Waals surface area contributed by atoms with Crippen LogP contribution in [-0.2, 0) is 5.11 Å². The van der Waals surface area contributed by atoms with Gasteiger partial charge in [-0.1, -0.05) is 13.8 Å². The SMILES string of the molecule is CC[C](C)C(C)[O]. The van der Waals surface area contributed by atoms with Crippen LogP contribution in [0.15, 0.2) is 0 Å². The van der Waals surface area contributed by atoms with Crippen molar-refractivity contribution >= 4 is 0 Å². The maximum Gasteiger partial charge on any atom is 0.0961 e. The molecule has 0 saturated carbocycles. The molecule has 0 aliphatic heterocycles. The summed E-state index contributed by atoms with van der Waals surface area (Å²) >= 11 is 0. The van der Waals surface area contributed by atoms with Crippen molar-refractivity contribution in [3.05, 3.63) is 5.92 Å². The quantitative estimate of drug-likeness (QED) is 0.504. The van der Waals surface area contributed by atoms with Crippen molar-refractivity contribution in [1.29, 1.82) is 0 Å². The van der Waals surface area contributed by atoms with Crippen molar-refractivity contribution in [2.24, 2.45) is 0 Å². The second-order valence-electron chi connectivity index (χ2n) is 1.84. The molecule has 1 heteroatoms. The van der Waals surface area contributed by atoms with Crippen LogP contribution in [0.4, 0.5) is 0 Å². The highest BCUT2D eigenvalue weighted by Gasteiger charge is 2.06. The smallest absolute Gasteiger partial charge is 0.0961 e. The molecule has 0 aromatic rings. The van der Waals surface area contributed by atoms with Crippen molar-refractivity contribution < 1.29 is 5.11 Å². The Morgan fingerprint density at radius 1 is 1.71 bits per heavy atom. The summed E-state index contributed by atoms with van der Waals surface area (Å²) in [6.07, 6.45) is 0.454. The van der Waals surface area contributed by atoms with Crippen LogP contribution in [-0.4, -0.2) is 6.10 Å². The lowest BCUT2D eigenvalue weighted by Gasteiger charge is -2.06. The Morgan fingerprint density at radius 3 is 2.14 bits per heavy atom. The van der Waals surface area contributed by atoms with Crippen LogP contribution < -0.4 is 0 Å². The summed E-state index contributed by atoms with van der Waals surface area (Å²) in [5.74, 6) is 1.04. The standard InChI is InChI=1S/C6H12O/c1-4-5(2)6(3)7/h6H,4H2,1-3H3. The maximum atomic E-state index is 10.4. The molecule has 0 saturated heterocycles. The van der Waals surface area contributed by atoms with E-state index in [-0.39, 0.29) is 0 Å². The minimum Gasteiger partial charge on any atom is -0.233 e. The largest absolute Gasteiger partial charge is 0.233 e. The van der Waals surface area contributed by atoms with Crippen molar-refractivity contribution in [1.82, 2.24) is 0 Å². The fourth-order valence-electron chi connectivity index (χ4n) is 0.287. The third-order valence-electron chi connectivity index (χ3n) is 1.25. The fraction of sp³-hybridized carbons (Fsp3) is 0.833. The van der Waals surface area contributed by atoms with Crippen molar-refractivity contribution in [2.45, 2.75) is 33.3 Å². The van der Waals surface area contributed by atoms with Gasteiger partial charge in [-0.25, -0.2) is 5.11 Å². The first kappa shape index (κ1) is 6.96. The van der Waals surface area contributed by atoms with E-state index in [0.717, 1.165) is 12.3 Å². The molecule has 0 amide bonds. The molecule has 0 spiro atoms. The highest BCUT2D eigenvalue weighted by molar-refractivity contribution is 4.87. The molecule has 0 rings (SSSR count). The van der Waals surface area contributed by atoms with Gasteiger partial charge in [-0.3, -0.25) is 0 Å². The summed E-state index contributed by atoms with van der Waals surface area (Å²) in [5.41, 5.74) is 0. The molecule has 0 aromatic heterocycles. The molecule has 7 heavy (non-hydrogen) atoms. The maximum absolute atomic E-state index is 10.4. The first-order valence-corrected chi connectivity index (χ1v) is 2.66. The summed E-state index contributed by atoms with van der Waals surface area (Å²) in [7, 11) is 0. The van der Waals surface area contributed by atoms with Crippen LogP contribution >= 0.6 is 0 Å². The molecular formula is C6H12O. The average Bonchev–Trinajstić information content (AvgIpc) is 1.65. The van der Waals surface area contributed by atoms with Gasteiger partial charge >= 0.3 is 0 Å². The predicted molar refractivity (Wildman–Crippen MR) is 29.4 cm³/mol. The predicted octanol–water partition coefficient (Wildman–Crippen LogP) is 1.81. The van der Waals surface area contributed by atoms with Gasteiger partial charge in [0.05, 0.1) is 6.10 Å². The van der Waals surface area contributed by atoms with E-state index < -0.39 is 6.10 Å². The Kier molecular flexibility index (Phi) is 3.01. The lowest BCUT2D eigenvalue weighted by Crippen LogP contribution is -2.06. The van der Waals surface area contributed by atoms with Crippen molar-refractivity contribution in [2.75, 3.05) is 0 Å². The van der Waals surface area contributed by atoms with Gasteiger partial charge in [-0.15, -0.1) is 0 Å². The van der Waals surface area contributed by atoms with Gasteiger partial charge < -0.3 is 0 Å². The number of rotatable bonds is 2. The third kappa shape index (κ3) is 2.63. The van der Waals surface area contributed by atoms with Gasteiger partial charge in [0.15, 0.2) is 0 Å². The number of hydrogen-bond acceptors (Lipinski definition) is 0. The van der Waals surface area contributed by atoms with Crippen LogP contribution in [0.25, 0.3) is 0 Å². The zero-order valence-electron chi connectivity index (χ0n) is 5.19. The molecule has 42 valence electrons. The molecule has 0 bridgehead atoms. The molecule has 0 aromatic carbocycles. The topological polar surface area (TPSA) is 19.9 Å². The Bertz CT molecular complexity index is 41.4. The van der Waals surface area contributed by atoms with E-state index >= 15 is 0 Å². The van der Waals surface area contributed by atoms with Gasteiger partial charge in [0.1, 0.15) is 0 Å². The van der Waals surface area contributed by atoms with Crippen molar-refractivity contribution in [3.8, 4) is 0 Å². The van der Waals surface area contributed by atoms with E-state index in [0.29, 0.717) is 0 Å². The Balaban J connectivity index is 3.14. The molecule has 1 atom stereocenters. The van der Waals surface area contributed by atoms with Gasteiger partial charge in [0, 0.05) is 5.92 Å².